The normalized spacial score (nSPS) is 11.7. The van der Waals surface area contributed by atoms with Crippen LogP contribution in [0.1, 0.15) is 25.0 Å². The number of amides is 1. The van der Waals surface area contributed by atoms with Gasteiger partial charge < -0.3 is 5.32 Å². The highest BCUT2D eigenvalue weighted by molar-refractivity contribution is 7.89. The maximum Gasteiger partial charge on any atom is 0.261 e. The summed E-state index contributed by atoms with van der Waals surface area (Å²) in [4.78, 5) is 29.5. The van der Waals surface area contributed by atoms with E-state index in [-0.39, 0.29) is 29.5 Å². The maximum atomic E-state index is 12.6. The van der Waals surface area contributed by atoms with Crippen LogP contribution in [0.15, 0.2) is 58.5 Å². The van der Waals surface area contributed by atoms with E-state index in [1.807, 2.05) is 13.0 Å². The van der Waals surface area contributed by atoms with Gasteiger partial charge in [-0.15, -0.1) is 0 Å². The van der Waals surface area contributed by atoms with Gasteiger partial charge in [-0.05, 0) is 36.2 Å². The minimum absolute atomic E-state index is 0.149. The molecule has 8 nitrogen and oxygen atoms in total. The molecular weight excluding hydrogens is 416 g/mol. The zero-order chi connectivity index (χ0) is 22.6. The molecule has 0 radical (unpaired) electrons. The van der Waals surface area contributed by atoms with Crippen molar-refractivity contribution in [1.82, 2.24) is 19.2 Å². The largest absolute Gasteiger partial charge is 0.350 e. The summed E-state index contributed by atoms with van der Waals surface area (Å²) in [5.41, 5.74) is 2.02. The second-order valence-corrected chi connectivity index (χ2v) is 9.10. The van der Waals surface area contributed by atoms with Crippen LogP contribution in [0.25, 0.3) is 10.9 Å². The third-order valence-corrected chi connectivity index (χ3v) is 7.19. The van der Waals surface area contributed by atoms with E-state index in [0.29, 0.717) is 24.0 Å². The summed E-state index contributed by atoms with van der Waals surface area (Å²) >= 11 is 0. The highest BCUT2D eigenvalue weighted by atomic mass is 32.2. The summed E-state index contributed by atoms with van der Waals surface area (Å²) in [6.07, 6.45) is 1.38. The number of nitrogens with zero attached hydrogens (tertiary/aromatic N) is 3. The SMILES string of the molecule is CCN(CC)S(=O)(=O)c1ccc(CNC(=O)Cn2cnc3c(C)cccc3c2=O)cc1. The van der Waals surface area contributed by atoms with Gasteiger partial charge >= 0.3 is 0 Å². The number of nitrogens with one attached hydrogen (secondary N) is 1. The number of hydrogen-bond acceptors (Lipinski definition) is 5. The van der Waals surface area contributed by atoms with Gasteiger partial charge in [-0.2, -0.15) is 4.31 Å². The number of rotatable bonds is 8. The Hall–Kier alpha value is -3.04. The molecule has 164 valence electrons. The van der Waals surface area contributed by atoms with E-state index >= 15 is 0 Å². The van der Waals surface area contributed by atoms with Gasteiger partial charge in [0.2, 0.25) is 15.9 Å². The van der Waals surface area contributed by atoms with E-state index < -0.39 is 10.0 Å². The smallest absolute Gasteiger partial charge is 0.261 e. The average molecular weight is 443 g/mol. The predicted octanol–water partition coefficient (Wildman–Crippen LogP) is 2.05. The Morgan fingerprint density at radius 2 is 1.77 bits per heavy atom. The molecule has 1 heterocycles. The fourth-order valence-electron chi connectivity index (χ4n) is 3.35. The number of fused-ring (bicyclic) bond motifs is 1. The second kappa shape index (κ2) is 9.40. The lowest BCUT2D eigenvalue weighted by Crippen LogP contribution is -2.32. The van der Waals surface area contributed by atoms with Crippen molar-refractivity contribution in [3.63, 3.8) is 0 Å². The first-order valence-corrected chi connectivity index (χ1v) is 11.5. The molecular formula is C22H26N4O4S. The lowest BCUT2D eigenvalue weighted by Gasteiger charge is -2.18. The zero-order valence-electron chi connectivity index (χ0n) is 17.8. The van der Waals surface area contributed by atoms with Gasteiger partial charge in [0.15, 0.2) is 0 Å². The summed E-state index contributed by atoms with van der Waals surface area (Å²) in [5, 5.41) is 3.22. The molecule has 0 saturated carbocycles. The lowest BCUT2D eigenvalue weighted by molar-refractivity contribution is -0.121. The molecule has 0 saturated heterocycles. The Morgan fingerprint density at radius 3 is 2.42 bits per heavy atom. The van der Waals surface area contributed by atoms with Gasteiger partial charge in [-0.25, -0.2) is 13.4 Å². The summed E-state index contributed by atoms with van der Waals surface area (Å²) in [7, 11) is -3.51. The number of aromatic nitrogens is 2. The number of carbonyl (C=O) groups excluding carboxylic acids is 1. The van der Waals surface area contributed by atoms with Crippen LogP contribution in [-0.4, -0.2) is 41.3 Å². The van der Waals surface area contributed by atoms with Crippen molar-refractivity contribution in [3.8, 4) is 0 Å². The quantitative estimate of drug-likeness (QED) is 0.575. The van der Waals surface area contributed by atoms with Crippen LogP contribution in [0.3, 0.4) is 0 Å². The zero-order valence-corrected chi connectivity index (χ0v) is 18.6. The van der Waals surface area contributed by atoms with Gasteiger partial charge in [0.25, 0.3) is 5.56 Å². The molecule has 0 aliphatic carbocycles. The fraction of sp³-hybridized carbons (Fsp3) is 0.318. The van der Waals surface area contributed by atoms with Gasteiger partial charge in [0.1, 0.15) is 6.54 Å². The van der Waals surface area contributed by atoms with Crippen LogP contribution >= 0.6 is 0 Å². The van der Waals surface area contributed by atoms with E-state index in [1.165, 1.54) is 27.3 Å². The Morgan fingerprint density at radius 1 is 1.10 bits per heavy atom. The third-order valence-electron chi connectivity index (χ3n) is 5.13. The summed E-state index contributed by atoms with van der Waals surface area (Å²) in [5.74, 6) is -0.337. The van der Waals surface area contributed by atoms with Crippen LogP contribution in [0.4, 0.5) is 0 Å². The molecule has 0 aliphatic rings. The minimum Gasteiger partial charge on any atom is -0.350 e. The number of benzene rings is 2. The van der Waals surface area contributed by atoms with Crippen molar-refractivity contribution in [1.29, 1.82) is 0 Å². The summed E-state index contributed by atoms with van der Waals surface area (Å²) in [6, 6.07) is 11.8. The molecule has 0 unspecified atom stereocenters. The molecule has 2 aromatic carbocycles. The van der Waals surface area contributed by atoms with E-state index in [4.69, 9.17) is 0 Å². The molecule has 9 heteroatoms. The van der Waals surface area contributed by atoms with Crippen LogP contribution in [0.2, 0.25) is 0 Å². The molecule has 1 amide bonds. The molecule has 0 fully saturated rings. The molecule has 0 spiro atoms. The van der Waals surface area contributed by atoms with Crippen LogP contribution < -0.4 is 10.9 Å². The Labute approximate surface area is 181 Å². The first-order chi connectivity index (χ1) is 14.8. The Balaban J connectivity index is 1.66. The molecule has 3 aromatic rings. The predicted molar refractivity (Wildman–Crippen MR) is 119 cm³/mol. The Bertz CT molecular complexity index is 1250. The van der Waals surface area contributed by atoms with Gasteiger partial charge in [-0.3, -0.25) is 14.2 Å². The summed E-state index contributed by atoms with van der Waals surface area (Å²) in [6.45, 7) is 6.34. The van der Waals surface area contributed by atoms with Crippen molar-refractivity contribution in [3.05, 3.63) is 70.3 Å². The topological polar surface area (TPSA) is 101 Å². The van der Waals surface area contributed by atoms with Crippen molar-refractivity contribution >= 4 is 26.8 Å². The third kappa shape index (κ3) is 4.83. The minimum atomic E-state index is -3.51. The van der Waals surface area contributed by atoms with Crippen molar-refractivity contribution in [2.45, 2.75) is 38.8 Å². The van der Waals surface area contributed by atoms with E-state index in [9.17, 15) is 18.0 Å². The number of para-hydroxylation sites is 1. The van der Waals surface area contributed by atoms with Gasteiger partial charge in [-0.1, -0.05) is 38.1 Å². The number of carbonyl (C=O) groups is 1. The standard InChI is InChI=1S/C22H26N4O4S/c1-4-26(5-2)31(29,30)18-11-9-17(10-12-18)13-23-20(27)14-25-15-24-21-16(3)7-6-8-19(21)22(25)28/h6-12,15H,4-5,13-14H2,1-3H3,(H,23,27). The van der Waals surface area contributed by atoms with Gasteiger partial charge in [0, 0.05) is 19.6 Å². The second-order valence-electron chi connectivity index (χ2n) is 7.16. The van der Waals surface area contributed by atoms with E-state index in [1.54, 1.807) is 38.1 Å². The van der Waals surface area contributed by atoms with Crippen LogP contribution in [0, 0.1) is 6.92 Å². The molecule has 0 atom stereocenters. The molecule has 0 bridgehead atoms. The molecule has 3 rings (SSSR count). The van der Waals surface area contributed by atoms with Crippen molar-refractivity contribution in [2.75, 3.05) is 13.1 Å². The average Bonchev–Trinajstić information content (AvgIpc) is 2.76. The fourth-order valence-corrected chi connectivity index (χ4v) is 4.81. The van der Waals surface area contributed by atoms with Gasteiger partial charge in [0.05, 0.1) is 22.1 Å². The molecule has 0 aliphatic heterocycles. The lowest BCUT2D eigenvalue weighted by atomic mass is 10.1. The van der Waals surface area contributed by atoms with Crippen molar-refractivity contribution < 1.29 is 13.2 Å². The molecule has 1 aromatic heterocycles. The maximum absolute atomic E-state index is 12.6. The van der Waals surface area contributed by atoms with Crippen LogP contribution in [-0.2, 0) is 27.9 Å². The van der Waals surface area contributed by atoms with E-state index in [0.717, 1.165) is 11.1 Å². The first kappa shape index (κ1) is 22.6. The molecule has 31 heavy (non-hydrogen) atoms. The number of aryl methyl sites for hydroxylation is 1. The number of sulfonamides is 1. The van der Waals surface area contributed by atoms with Crippen LogP contribution in [0.5, 0.6) is 0 Å². The summed E-state index contributed by atoms with van der Waals surface area (Å²) < 4.78 is 27.7. The number of hydrogen-bond donors (Lipinski definition) is 1. The van der Waals surface area contributed by atoms with E-state index in [2.05, 4.69) is 10.3 Å². The highest BCUT2D eigenvalue weighted by Gasteiger charge is 2.21. The molecule has 1 N–H and O–H groups in total. The Kier molecular flexibility index (Phi) is 6.87. The highest BCUT2D eigenvalue weighted by Crippen LogP contribution is 2.16. The monoisotopic (exact) mass is 442 g/mol. The van der Waals surface area contributed by atoms with Crippen molar-refractivity contribution in [2.24, 2.45) is 0 Å². The first-order valence-electron chi connectivity index (χ1n) is 10.1.